The second-order valence-electron chi connectivity index (χ2n) is 3.95. The molecule has 0 aliphatic rings. The van der Waals surface area contributed by atoms with Crippen molar-refractivity contribution in [2.45, 2.75) is 19.4 Å². The van der Waals surface area contributed by atoms with Gasteiger partial charge in [-0.1, -0.05) is 6.07 Å². The number of fused-ring (bicyclic) bond motifs is 1. The predicted molar refractivity (Wildman–Crippen MR) is 65.8 cm³/mol. The first-order valence-corrected chi connectivity index (χ1v) is 5.74. The molecule has 1 atom stereocenters. The lowest BCUT2D eigenvalue weighted by Crippen LogP contribution is -2.17. The zero-order chi connectivity index (χ0) is 11.0. The van der Waals surface area contributed by atoms with Crippen LogP contribution in [0.5, 0.6) is 0 Å². The molecule has 1 aromatic carbocycles. The second-order valence-corrected chi connectivity index (χ2v) is 4.70. The van der Waals surface area contributed by atoms with Crippen LogP contribution >= 0.6 is 15.9 Å². The predicted octanol–water partition coefficient (Wildman–Crippen LogP) is 2.23. The average Bonchev–Trinajstić information content (AvgIpc) is 2.43. The molecule has 0 saturated carbocycles. The number of hydrogen-bond donors (Lipinski definition) is 1. The summed E-state index contributed by atoms with van der Waals surface area (Å²) in [7, 11) is 1.93. The fourth-order valence-electron chi connectivity index (χ4n) is 1.71. The number of rotatable bonds is 2. The number of halogens is 1. The van der Waals surface area contributed by atoms with Gasteiger partial charge < -0.3 is 5.73 Å². The Hall–Kier alpha value is -0.870. The quantitative estimate of drug-likeness (QED) is 0.907. The Balaban J connectivity index is 2.49. The van der Waals surface area contributed by atoms with Gasteiger partial charge >= 0.3 is 0 Å². The molecule has 80 valence electrons. The summed E-state index contributed by atoms with van der Waals surface area (Å²) in [5, 5.41) is 5.52. The zero-order valence-corrected chi connectivity index (χ0v) is 10.5. The summed E-state index contributed by atoms with van der Waals surface area (Å²) in [5.74, 6) is 0. The Morgan fingerprint density at radius 1 is 1.53 bits per heavy atom. The van der Waals surface area contributed by atoms with Crippen molar-refractivity contribution in [1.82, 2.24) is 9.78 Å². The molecule has 4 heteroatoms. The molecular formula is C11H14BrN3. The van der Waals surface area contributed by atoms with Crippen LogP contribution in [-0.2, 0) is 13.5 Å². The maximum atomic E-state index is 5.78. The minimum Gasteiger partial charge on any atom is -0.328 e. The van der Waals surface area contributed by atoms with Crippen molar-refractivity contribution in [2.24, 2.45) is 12.8 Å². The first kappa shape index (κ1) is 10.6. The van der Waals surface area contributed by atoms with Gasteiger partial charge in [0.2, 0.25) is 0 Å². The van der Waals surface area contributed by atoms with E-state index in [1.165, 1.54) is 5.56 Å². The van der Waals surface area contributed by atoms with Crippen LogP contribution in [0.2, 0.25) is 0 Å². The van der Waals surface area contributed by atoms with Gasteiger partial charge in [-0.3, -0.25) is 4.68 Å². The molecule has 2 rings (SSSR count). The van der Waals surface area contributed by atoms with E-state index in [-0.39, 0.29) is 6.04 Å². The topological polar surface area (TPSA) is 43.8 Å². The summed E-state index contributed by atoms with van der Waals surface area (Å²) >= 11 is 3.52. The Morgan fingerprint density at radius 3 is 2.93 bits per heavy atom. The third-order valence-electron chi connectivity index (χ3n) is 2.38. The van der Waals surface area contributed by atoms with Gasteiger partial charge in [-0.25, -0.2) is 0 Å². The van der Waals surface area contributed by atoms with Crippen LogP contribution in [0.25, 0.3) is 10.9 Å². The van der Waals surface area contributed by atoms with Gasteiger partial charge in [0.1, 0.15) is 4.60 Å². The highest BCUT2D eigenvalue weighted by atomic mass is 79.9. The van der Waals surface area contributed by atoms with Crippen molar-refractivity contribution in [3.63, 3.8) is 0 Å². The largest absolute Gasteiger partial charge is 0.328 e. The van der Waals surface area contributed by atoms with E-state index in [0.29, 0.717) is 0 Å². The summed E-state index contributed by atoms with van der Waals surface area (Å²) in [4.78, 5) is 0. The summed E-state index contributed by atoms with van der Waals surface area (Å²) in [6.45, 7) is 2.02. The van der Waals surface area contributed by atoms with E-state index in [9.17, 15) is 0 Å². The Labute approximate surface area is 97.4 Å². The minimum atomic E-state index is 0.192. The van der Waals surface area contributed by atoms with Gasteiger partial charge in [0.15, 0.2) is 0 Å². The first-order chi connectivity index (χ1) is 7.08. The Bertz CT molecular complexity index is 488. The van der Waals surface area contributed by atoms with E-state index in [1.54, 1.807) is 0 Å². The molecule has 1 aromatic heterocycles. The van der Waals surface area contributed by atoms with Crippen LogP contribution in [0.4, 0.5) is 0 Å². The highest BCUT2D eigenvalue weighted by molar-refractivity contribution is 9.10. The van der Waals surface area contributed by atoms with E-state index in [2.05, 4.69) is 33.2 Å². The smallest absolute Gasteiger partial charge is 0.111 e. The Kier molecular flexibility index (Phi) is 2.80. The molecule has 0 amide bonds. The molecule has 0 aliphatic heterocycles. The summed E-state index contributed by atoms with van der Waals surface area (Å²) in [5.41, 5.74) is 8.05. The molecule has 0 spiro atoms. The average molecular weight is 268 g/mol. The lowest BCUT2D eigenvalue weighted by molar-refractivity contribution is 0.739. The normalized spacial score (nSPS) is 13.3. The highest BCUT2D eigenvalue weighted by Gasteiger charge is 2.07. The van der Waals surface area contributed by atoms with Crippen molar-refractivity contribution in [1.29, 1.82) is 0 Å². The SMILES string of the molecule is CC(N)Cc1ccc2nn(C)c(Br)c2c1. The molecule has 1 heterocycles. The third kappa shape index (κ3) is 2.06. The maximum absolute atomic E-state index is 5.78. The van der Waals surface area contributed by atoms with Gasteiger partial charge in [0.05, 0.1) is 5.52 Å². The van der Waals surface area contributed by atoms with Crippen LogP contribution < -0.4 is 5.73 Å². The number of benzene rings is 1. The molecule has 3 nitrogen and oxygen atoms in total. The number of nitrogens with two attached hydrogens (primary N) is 1. The van der Waals surface area contributed by atoms with Crippen molar-refractivity contribution >= 4 is 26.8 Å². The van der Waals surface area contributed by atoms with Crippen LogP contribution in [-0.4, -0.2) is 15.8 Å². The standard InChI is InChI=1S/C11H14BrN3/c1-7(13)5-8-3-4-10-9(6-8)11(12)15(2)14-10/h3-4,6-7H,5,13H2,1-2H3. The lowest BCUT2D eigenvalue weighted by Gasteiger charge is -2.04. The van der Waals surface area contributed by atoms with Gasteiger partial charge in [-0.2, -0.15) is 5.10 Å². The van der Waals surface area contributed by atoms with Crippen LogP contribution in [0.15, 0.2) is 22.8 Å². The molecule has 2 aromatic rings. The van der Waals surface area contributed by atoms with E-state index < -0.39 is 0 Å². The zero-order valence-electron chi connectivity index (χ0n) is 8.87. The molecule has 0 aliphatic carbocycles. The number of aryl methyl sites for hydroxylation is 1. The van der Waals surface area contributed by atoms with Crippen LogP contribution in [0.3, 0.4) is 0 Å². The fraction of sp³-hybridized carbons (Fsp3) is 0.364. The van der Waals surface area contributed by atoms with Gasteiger partial charge in [-0.15, -0.1) is 0 Å². The van der Waals surface area contributed by atoms with E-state index in [1.807, 2.05) is 24.7 Å². The lowest BCUT2D eigenvalue weighted by atomic mass is 10.1. The molecular weight excluding hydrogens is 254 g/mol. The van der Waals surface area contributed by atoms with Crippen molar-refractivity contribution in [2.75, 3.05) is 0 Å². The van der Waals surface area contributed by atoms with Crippen molar-refractivity contribution in [3.8, 4) is 0 Å². The number of aromatic nitrogens is 2. The first-order valence-electron chi connectivity index (χ1n) is 4.94. The molecule has 0 saturated heterocycles. The fourth-order valence-corrected chi connectivity index (χ4v) is 2.11. The third-order valence-corrected chi connectivity index (χ3v) is 3.32. The van der Waals surface area contributed by atoms with E-state index in [0.717, 1.165) is 21.9 Å². The van der Waals surface area contributed by atoms with E-state index in [4.69, 9.17) is 5.73 Å². The summed E-state index contributed by atoms with van der Waals surface area (Å²) in [6.07, 6.45) is 0.900. The van der Waals surface area contributed by atoms with Crippen LogP contribution in [0.1, 0.15) is 12.5 Å². The Morgan fingerprint density at radius 2 is 2.27 bits per heavy atom. The molecule has 0 bridgehead atoms. The second kappa shape index (κ2) is 3.94. The minimum absolute atomic E-state index is 0.192. The van der Waals surface area contributed by atoms with Crippen molar-refractivity contribution < 1.29 is 0 Å². The molecule has 2 N–H and O–H groups in total. The molecule has 0 radical (unpaired) electrons. The monoisotopic (exact) mass is 267 g/mol. The van der Waals surface area contributed by atoms with Gasteiger partial charge in [-0.05, 0) is 47.0 Å². The number of hydrogen-bond acceptors (Lipinski definition) is 2. The van der Waals surface area contributed by atoms with Crippen LogP contribution in [0, 0.1) is 0 Å². The maximum Gasteiger partial charge on any atom is 0.111 e. The van der Waals surface area contributed by atoms with E-state index >= 15 is 0 Å². The summed E-state index contributed by atoms with van der Waals surface area (Å²) < 4.78 is 2.85. The number of nitrogens with zero attached hydrogens (tertiary/aromatic N) is 2. The molecule has 0 fully saturated rings. The molecule has 15 heavy (non-hydrogen) atoms. The van der Waals surface area contributed by atoms with Gasteiger partial charge in [0, 0.05) is 18.5 Å². The van der Waals surface area contributed by atoms with Crippen molar-refractivity contribution in [3.05, 3.63) is 28.4 Å². The van der Waals surface area contributed by atoms with Gasteiger partial charge in [0.25, 0.3) is 0 Å². The summed E-state index contributed by atoms with van der Waals surface area (Å²) in [6, 6.07) is 6.47. The highest BCUT2D eigenvalue weighted by Crippen LogP contribution is 2.24. The molecule has 1 unspecified atom stereocenters.